The molecular formula is C77H58N2. The van der Waals surface area contributed by atoms with Crippen LogP contribution < -0.4 is 4.90 Å². The van der Waals surface area contributed by atoms with Crippen molar-refractivity contribution in [3.63, 3.8) is 0 Å². The molecule has 1 aromatic heterocycles. The van der Waals surface area contributed by atoms with E-state index < -0.39 is 5.41 Å². The summed E-state index contributed by atoms with van der Waals surface area (Å²) in [5.41, 5.74) is 22.9. The number of aromatic nitrogens is 1. The maximum atomic E-state index is 2.55. The highest BCUT2D eigenvalue weighted by molar-refractivity contribution is 6.17. The number of nitrogens with zero attached hydrogens (tertiary/aromatic N) is 2. The number of hydrogen-bond acceptors (Lipinski definition) is 1. The Kier molecular flexibility index (Phi) is 11.5. The summed E-state index contributed by atoms with van der Waals surface area (Å²) in [5.74, 6) is 0.547. The Bertz CT molecular complexity index is 4350. The normalized spacial score (nSPS) is 13.9. The molecule has 0 unspecified atom stereocenters. The Morgan fingerprint density at radius 3 is 1.56 bits per heavy atom. The van der Waals surface area contributed by atoms with Crippen molar-refractivity contribution in [2.45, 2.75) is 43.4 Å². The number of fused-ring (bicyclic) bond motifs is 7. The van der Waals surface area contributed by atoms with Gasteiger partial charge in [-0.15, -0.1) is 0 Å². The van der Waals surface area contributed by atoms with E-state index >= 15 is 0 Å². The summed E-state index contributed by atoms with van der Waals surface area (Å²) < 4.78 is 2.43. The van der Waals surface area contributed by atoms with Gasteiger partial charge in [-0.3, -0.25) is 0 Å². The van der Waals surface area contributed by atoms with Crippen molar-refractivity contribution in [1.82, 2.24) is 4.57 Å². The summed E-state index contributed by atoms with van der Waals surface area (Å²) in [6.45, 7) is 0. The first kappa shape index (κ1) is 46.8. The second-order valence-electron chi connectivity index (χ2n) is 21.6. The van der Waals surface area contributed by atoms with Gasteiger partial charge in [-0.1, -0.05) is 256 Å². The van der Waals surface area contributed by atoms with Gasteiger partial charge in [0.15, 0.2) is 0 Å². The fourth-order valence-electron chi connectivity index (χ4n) is 14.2. The van der Waals surface area contributed by atoms with Crippen molar-refractivity contribution in [2.75, 3.05) is 4.90 Å². The molecule has 12 aromatic carbocycles. The Morgan fingerprint density at radius 2 is 0.861 bits per heavy atom. The van der Waals surface area contributed by atoms with Gasteiger partial charge in [-0.25, -0.2) is 0 Å². The molecule has 2 aliphatic rings. The lowest BCUT2D eigenvalue weighted by molar-refractivity contribution is 0.445. The van der Waals surface area contributed by atoms with Gasteiger partial charge < -0.3 is 9.47 Å². The van der Waals surface area contributed by atoms with Crippen LogP contribution in [0.4, 0.5) is 17.1 Å². The van der Waals surface area contributed by atoms with Crippen LogP contribution in [0.2, 0.25) is 0 Å². The van der Waals surface area contributed by atoms with Gasteiger partial charge in [0.25, 0.3) is 0 Å². The lowest BCUT2D eigenvalue weighted by atomic mass is 9.67. The minimum Gasteiger partial charge on any atom is -0.309 e. The van der Waals surface area contributed by atoms with Crippen LogP contribution in [0.5, 0.6) is 0 Å². The van der Waals surface area contributed by atoms with Gasteiger partial charge in [0.1, 0.15) is 0 Å². The van der Waals surface area contributed by atoms with E-state index in [0.29, 0.717) is 5.92 Å². The van der Waals surface area contributed by atoms with Crippen LogP contribution in [0.25, 0.3) is 82.8 Å². The smallest absolute Gasteiger partial charge is 0.0713 e. The number of anilines is 3. The Balaban J connectivity index is 0.954. The van der Waals surface area contributed by atoms with Crippen LogP contribution in [-0.4, -0.2) is 4.57 Å². The molecule has 0 bridgehead atoms. The highest BCUT2D eigenvalue weighted by atomic mass is 15.1. The lowest BCUT2D eigenvalue weighted by Gasteiger charge is -2.34. The summed E-state index contributed by atoms with van der Waals surface area (Å²) in [7, 11) is 0. The van der Waals surface area contributed by atoms with E-state index in [1.807, 2.05) is 0 Å². The molecule has 376 valence electrons. The lowest BCUT2D eigenvalue weighted by Crippen LogP contribution is -2.28. The molecule has 0 spiro atoms. The van der Waals surface area contributed by atoms with Crippen molar-refractivity contribution in [3.05, 3.63) is 313 Å². The third-order valence-corrected chi connectivity index (χ3v) is 17.5. The fraction of sp³-hybridized carbons (Fsp3) is 0.0909. The SMILES string of the molecule is c1ccc(-n2c3ccccc3c3c(-c4ccccc4N(c4ccc(-c5cccc6c5-c5ccccc5C6(c5ccccc5)c5ccccc5)cc4)c4ccccc4-c4cccc5cccc(C6CCCCC6)c45)cccc32)cc1. The molecule has 2 nitrogen and oxygen atoms in total. The molecule has 0 amide bonds. The minimum atomic E-state index is -0.483. The molecule has 0 atom stereocenters. The zero-order valence-electron chi connectivity index (χ0n) is 44.1. The summed E-state index contributed by atoms with van der Waals surface area (Å²) in [5, 5.41) is 5.15. The summed E-state index contributed by atoms with van der Waals surface area (Å²) in [4.78, 5) is 2.55. The van der Waals surface area contributed by atoms with Crippen LogP contribution >= 0.6 is 0 Å². The van der Waals surface area contributed by atoms with Gasteiger partial charge in [0.2, 0.25) is 0 Å². The summed E-state index contributed by atoms with van der Waals surface area (Å²) in [6.07, 6.45) is 6.38. The number of benzene rings is 12. The molecule has 0 radical (unpaired) electrons. The van der Waals surface area contributed by atoms with Gasteiger partial charge in [-0.2, -0.15) is 0 Å². The number of hydrogen-bond donors (Lipinski definition) is 0. The molecule has 0 aliphatic heterocycles. The van der Waals surface area contributed by atoms with E-state index in [4.69, 9.17) is 0 Å². The van der Waals surface area contributed by atoms with E-state index in [1.165, 1.54) is 137 Å². The third kappa shape index (κ3) is 7.54. The maximum Gasteiger partial charge on any atom is 0.0713 e. The zero-order chi connectivity index (χ0) is 52.3. The van der Waals surface area contributed by atoms with Crippen LogP contribution in [0.3, 0.4) is 0 Å². The van der Waals surface area contributed by atoms with E-state index in [0.717, 1.165) is 22.7 Å². The van der Waals surface area contributed by atoms with E-state index in [9.17, 15) is 0 Å². The standard InChI is InChI=1S/C77H58N2/c1-5-25-53(26-6-1)60-39-21-27-55-28-22-41-64(74(55)60)62-35-14-18-45-70(62)78(71-46-19-15-36-63(71)65-42-24-48-73-76(65)67-38-16-20-47-72(67)79(73)58-33-11-4-12-34-58)59-51-49-54(50-52-59)61-40-23-44-69-75(61)66-37-13-17-43-68(66)77(69,56-29-7-2-8-30-56)57-31-9-3-10-32-57/h2-4,7-24,27-53H,1,5-6,25-26H2. The summed E-state index contributed by atoms with van der Waals surface area (Å²) >= 11 is 0. The van der Waals surface area contributed by atoms with Gasteiger partial charge in [0.05, 0.1) is 27.8 Å². The molecule has 79 heavy (non-hydrogen) atoms. The molecule has 2 aliphatic carbocycles. The van der Waals surface area contributed by atoms with Crippen molar-refractivity contribution in [3.8, 4) is 50.2 Å². The maximum absolute atomic E-state index is 2.55. The quantitative estimate of drug-likeness (QED) is 0.133. The predicted octanol–water partition coefficient (Wildman–Crippen LogP) is 20.8. The monoisotopic (exact) mass is 1010 g/mol. The highest BCUT2D eigenvalue weighted by Gasteiger charge is 2.46. The molecule has 1 saturated carbocycles. The first-order valence-corrected chi connectivity index (χ1v) is 28.3. The van der Waals surface area contributed by atoms with Crippen LogP contribution in [0, 0.1) is 0 Å². The molecule has 2 heteroatoms. The van der Waals surface area contributed by atoms with E-state index in [2.05, 4.69) is 295 Å². The summed E-state index contributed by atoms with van der Waals surface area (Å²) in [6, 6.07) is 107. The van der Waals surface area contributed by atoms with Gasteiger partial charge >= 0.3 is 0 Å². The molecular weight excluding hydrogens is 953 g/mol. The largest absolute Gasteiger partial charge is 0.309 e. The molecule has 13 aromatic rings. The third-order valence-electron chi connectivity index (χ3n) is 17.5. The van der Waals surface area contributed by atoms with Crippen molar-refractivity contribution >= 4 is 49.6 Å². The van der Waals surface area contributed by atoms with Crippen molar-refractivity contribution in [1.29, 1.82) is 0 Å². The first-order chi connectivity index (χ1) is 39.3. The average molecular weight is 1010 g/mol. The highest BCUT2D eigenvalue weighted by Crippen LogP contribution is 2.59. The van der Waals surface area contributed by atoms with Crippen LogP contribution in [0.15, 0.2) is 285 Å². The number of rotatable bonds is 10. The van der Waals surface area contributed by atoms with E-state index in [-0.39, 0.29) is 0 Å². The molecule has 15 rings (SSSR count). The molecule has 1 fully saturated rings. The second kappa shape index (κ2) is 19.5. The molecule has 0 N–H and O–H groups in total. The second-order valence-corrected chi connectivity index (χ2v) is 21.6. The average Bonchev–Trinajstić information content (AvgIpc) is 3.50. The Labute approximate surface area is 463 Å². The van der Waals surface area contributed by atoms with E-state index in [1.54, 1.807) is 0 Å². The Morgan fingerprint density at radius 1 is 0.354 bits per heavy atom. The molecule has 1 heterocycles. The fourth-order valence-corrected chi connectivity index (χ4v) is 14.2. The number of para-hydroxylation sites is 4. The van der Waals surface area contributed by atoms with Crippen molar-refractivity contribution in [2.24, 2.45) is 0 Å². The Hall–Kier alpha value is -9.50. The van der Waals surface area contributed by atoms with Crippen LogP contribution in [-0.2, 0) is 5.41 Å². The van der Waals surface area contributed by atoms with Gasteiger partial charge in [-0.05, 0) is 139 Å². The molecule has 0 saturated heterocycles. The predicted molar refractivity (Wildman–Crippen MR) is 332 cm³/mol. The van der Waals surface area contributed by atoms with Crippen molar-refractivity contribution < 1.29 is 0 Å². The first-order valence-electron chi connectivity index (χ1n) is 28.3. The van der Waals surface area contributed by atoms with Crippen LogP contribution in [0.1, 0.15) is 65.8 Å². The zero-order valence-corrected chi connectivity index (χ0v) is 44.1. The van der Waals surface area contributed by atoms with Gasteiger partial charge in [0, 0.05) is 33.3 Å². The topological polar surface area (TPSA) is 8.17 Å². The minimum absolute atomic E-state index is 0.483.